The molecular weight excluding hydrogens is 316 g/mol. The quantitative estimate of drug-likeness (QED) is 0.777. The lowest BCUT2D eigenvalue weighted by Gasteiger charge is -2.07. The Morgan fingerprint density at radius 3 is 2.70 bits per heavy atom. The van der Waals surface area contributed by atoms with Crippen LogP contribution in [0.25, 0.3) is 11.3 Å². The van der Waals surface area contributed by atoms with Crippen LogP contribution in [0.1, 0.15) is 10.6 Å². The third-order valence-electron chi connectivity index (χ3n) is 3.23. The van der Waals surface area contributed by atoms with E-state index in [0.717, 1.165) is 5.56 Å². The summed E-state index contributed by atoms with van der Waals surface area (Å²) in [4.78, 5) is 16.5. The third kappa shape index (κ3) is 3.19. The average molecular weight is 329 g/mol. The van der Waals surface area contributed by atoms with Crippen molar-refractivity contribution < 1.29 is 13.9 Å². The van der Waals surface area contributed by atoms with Crippen LogP contribution in [0.15, 0.2) is 59.3 Å². The number of halogens is 1. The van der Waals surface area contributed by atoms with Gasteiger partial charge in [0.1, 0.15) is 11.4 Å². The van der Waals surface area contributed by atoms with Gasteiger partial charge in [-0.3, -0.25) is 4.79 Å². The van der Waals surface area contributed by atoms with Crippen LogP contribution >= 0.6 is 11.6 Å². The lowest BCUT2D eigenvalue weighted by atomic mass is 10.1. The molecule has 23 heavy (non-hydrogen) atoms. The minimum Gasteiger partial charge on any atom is -0.495 e. The molecule has 1 amide bonds. The summed E-state index contributed by atoms with van der Waals surface area (Å²) >= 11 is 6.05. The van der Waals surface area contributed by atoms with Gasteiger partial charge in [-0.1, -0.05) is 41.9 Å². The first-order chi connectivity index (χ1) is 11.2. The van der Waals surface area contributed by atoms with Gasteiger partial charge in [-0.05, 0) is 18.2 Å². The topological polar surface area (TPSA) is 64.4 Å². The third-order valence-corrected chi connectivity index (χ3v) is 3.53. The van der Waals surface area contributed by atoms with Crippen molar-refractivity contribution in [1.82, 2.24) is 4.98 Å². The highest BCUT2D eigenvalue weighted by molar-refractivity contribution is 6.32. The van der Waals surface area contributed by atoms with E-state index >= 15 is 0 Å². The van der Waals surface area contributed by atoms with E-state index in [-0.39, 0.29) is 5.76 Å². The Morgan fingerprint density at radius 1 is 1.22 bits per heavy atom. The van der Waals surface area contributed by atoms with Crippen LogP contribution in [0.4, 0.5) is 5.69 Å². The van der Waals surface area contributed by atoms with Gasteiger partial charge in [0.2, 0.25) is 5.76 Å². The van der Waals surface area contributed by atoms with E-state index in [1.807, 2.05) is 30.3 Å². The second kappa shape index (κ2) is 6.54. The summed E-state index contributed by atoms with van der Waals surface area (Å²) in [7, 11) is 1.53. The summed E-state index contributed by atoms with van der Waals surface area (Å²) in [6.45, 7) is 0. The number of nitrogens with one attached hydrogen (secondary N) is 1. The van der Waals surface area contributed by atoms with Crippen LogP contribution in [-0.4, -0.2) is 18.0 Å². The van der Waals surface area contributed by atoms with Crippen LogP contribution in [-0.2, 0) is 0 Å². The van der Waals surface area contributed by atoms with Gasteiger partial charge in [0, 0.05) is 11.3 Å². The van der Waals surface area contributed by atoms with Gasteiger partial charge in [-0.2, -0.15) is 0 Å². The molecule has 0 spiro atoms. The summed E-state index contributed by atoms with van der Waals surface area (Å²) in [6, 6.07) is 14.3. The number of ether oxygens (including phenoxy) is 1. The van der Waals surface area contributed by atoms with E-state index in [4.69, 9.17) is 20.8 Å². The maximum atomic E-state index is 12.4. The minimum atomic E-state index is -0.400. The zero-order valence-electron chi connectivity index (χ0n) is 12.2. The molecule has 1 heterocycles. The van der Waals surface area contributed by atoms with Gasteiger partial charge in [-0.25, -0.2) is 4.98 Å². The van der Waals surface area contributed by atoms with E-state index in [9.17, 15) is 4.79 Å². The number of carbonyl (C=O) groups is 1. The molecule has 0 saturated heterocycles. The van der Waals surface area contributed by atoms with Crippen molar-refractivity contribution in [2.75, 3.05) is 12.4 Å². The van der Waals surface area contributed by atoms with Gasteiger partial charge in [-0.15, -0.1) is 0 Å². The highest BCUT2D eigenvalue weighted by Crippen LogP contribution is 2.28. The molecule has 0 aliphatic rings. The van der Waals surface area contributed by atoms with E-state index in [0.29, 0.717) is 22.2 Å². The molecule has 3 aromatic rings. The highest BCUT2D eigenvalue weighted by Gasteiger charge is 2.18. The summed E-state index contributed by atoms with van der Waals surface area (Å²) < 4.78 is 10.3. The summed E-state index contributed by atoms with van der Waals surface area (Å²) in [5.41, 5.74) is 1.83. The molecule has 3 rings (SSSR count). The number of methoxy groups -OCH3 is 1. The number of oxazole rings is 1. The van der Waals surface area contributed by atoms with Crippen molar-refractivity contribution in [2.24, 2.45) is 0 Å². The largest absolute Gasteiger partial charge is 0.495 e. The van der Waals surface area contributed by atoms with Gasteiger partial charge in [0.05, 0.1) is 12.1 Å². The predicted octanol–water partition coefficient (Wildman–Crippen LogP) is 4.26. The Bertz CT molecular complexity index is 831. The van der Waals surface area contributed by atoms with Crippen LogP contribution in [0.2, 0.25) is 5.02 Å². The molecule has 116 valence electrons. The molecule has 0 radical (unpaired) electrons. The van der Waals surface area contributed by atoms with Gasteiger partial charge < -0.3 is 14.5 Å². The smallest absolute Gasteiger partial charge is 0.293 e. The Labute approximate surface area is 137 Å². The first-order valence-electron chi connectivity index (χ1n) is 6.83. The van der Waals surface area contributed by atoms with E-state index in [1.165, 1.54) is 13.5 Å². The number of anilines is 1. The van der Waals surface area contributed by atoms with E-state index < -0.39 is 5.91 Å². The lowest BCUT2D eigenvalue weighted by molar-refractivity contribution is 0.0997. The highest BCUT2D eigenvalue weighted by atomic mass is 35.5. The number of rotatable bonds is 4. The molecule has 0 atom stereocenters. The summed E-state index contributed by atoms with van der Waals surface area (Å²) in [5, 5.41) is 3.14. The van der Waals surface area contributed by atoms with Gasteiger partial charge >= 0.3 is 0 Å². The first kappa shape index (κ1) is 15.1. The summed E-state index contributed by atoms with van der Waals surface area (Å²) in [6.07, 6.45) is 1.25. The maximum Gasteiger partial charge on any atom is 0.293 e. The van der Waals surface area contributed by atoms with Crippen molar-refractivity contribution in [1.29, 1.82) is 0 Å². The number of nitrogens with zero attached hydrogens (tertiary/aromatic N) is 1. The Balaban J connectivity index is 1.85. The molecule has 0 fully saturated rings. The van der Waals surface area contributed by atoms with Crippen molar-refractivity contribution in [2.45, 2.75) is 0 Å². The lowest BCUT2D eigenvalue weighted by Crippen LogP contribution is -2.12. The predicted molar refractivity (Wildman–Crippen MR) is 87.9 cm³/mol. The number of hydrogen-bond donors (Lipinski definition) is 1. The van der Waals surface area contributed by atoms with Crippen LogP contribution < -0.4 is 10.1 Å². The Morgan fingerprint density at radius 2 is 2.00 bits per heavy atom. The Kier molecular flexibility index (Phi) is 4.30. The van der Waals surface area contributed by atoms with Crippen LogP contribution in [0.3, 0.4) is 0 Å². The fraction of sp³-hybridized carbons (Fsp3) is 0.0588. The van der Waals surface area contributed by atoms with Gasteiger partial charge in [0.15, 0.2) is 6.39 Å². The monoisotopic (exact) mass is 328 g/mol. The summed E-state index contributed by atoms with van der Waals surface area (Å²) in [5.74, 6) is 0.278. The van der Waals surface area contributed by atoms with E-state index in [2.05, 4.69) is 10.3 Å². The standard InChI is InChI=1S/C17H13ClN2O3/c1-22-14-8-7-12(9-13(14)18)20-17(21)16-15(19-10-23-16)11-5-3-2-4-6-11/h2-10H,1H3,(H,20,21). The number of amides is 1. The fourth-order valence-corrected chi connectivity index (χ4v) is 2.40. The number of aromatic nitrogens is 1. The molecule has 6 heteroatoms. The normalized spacial score (nSPS) is 10.3. The van der Waals surface area contributed by atoms with Crippen LogP contribution in [0, 0.1) is 0 Å². The van der Waals surface area contributed by atoms with Crippen molar-refractivity contribution >= 4 is 23.2 Å². The molecule has 2 aromatic carbocycles. The molecule has 1 N–H and O–H groups in total. The Hall–Kier alpha value is -2.79. The number of benzene rings is 2. The number of hydrogen-bond acceptors (Lipinski definition) is 4. The van der Waals surface area contributed by atoms with Crippen molar-refractivity contribution in [3.63, 3.8) is 0 Å². The minimum absolute atomic E-state index is 0.142. The molecule has 1 aromatic heterocycles. The molecule has 0 bridgehead atoms. The second-order valence-corrected chi connectivity index (χ2v) is 5.11. The second-order valence-electron chi connectivity index (χ2n) is 4.70. The molecule has 0 aliphatic carbocycles. The average Bonchev–Trinajstić information content (AvgIpc) is 3.05. The number of carbonyl (C=O) groups excluding carboxylic acids is 1. The molecule has 0 unspecified atom stereocenters. The van der Waals surface area contributed by atoms with Crippen molar-refractivity contribution in [3.05, 3.63) is 65.7 Å². The van der Waals surface area contributed by atoms with Crippen molar-refractivity contribution in [3.8, 4) is 17.0 Å². The van der Waals surface area contributed by atoms with Gasteiger partial charge in [0.25, 0.3) is 5.91 Å². The van der Waals surface area contributed by atoms with E-state index in [1.54, 1.807) is 18.2 Å². The molecular formula is C17H13ClN2O3. The van der Waals surface area contributed by atoms with Crippen LogP contribution in [0.5, 0.6) is 5.75 Å². The molecule has 5 nitrogen and oxygen atoms in total. The molecule has 0 saturated carbocycles. The SMILES string of the molecule is COc1ccc(NC(=O)c2ocnc2-c2ccccc2)cc1Cl. The fourth-order valence-electron chi connectivity index (χ4n) is 2.14. The zero-order chi connectivity index (χ0) is 16.2. The maximum absolute atomic E-state index is 12.4. The first-order valence-corrected chi connectivity index (χ1v) is 7.20. The molecule has 0 aliphatic heterocycles. The zero-order valence-corrected chi connectivity index (χ0v) is 13.0.